The number of nitrogens with one attached hydrogen (secondary N) is 1. The van der Waals surface area contributed by atoms with E-state index >= 15 is 0 Å². The molecule has 0 fully saturated rings. The summed E-state index contributed by atoms with van der Waals surface area (Å²) >= 11 is 0. The molecule has 4 heteroatoms. The Morgan fingerprint density at radius 1 is 1.29 bits per heavy atom. The molecule has 0 aliphatic carbocycles. The first kappa shape index (κ1) is 11.8. The van der Waals surface area contributed by atoms with Crippen LogP contribution in [0.15, 0.2) is 30.6 Å². The Kier molecular flexibility index (Phi) is 3.88. The van der Waals surface area contributed by atoms with Gasteiger partial charge in [-0.1, -0.05) is 6.07 Å². The van der Waals surface area contributed by atoms with E-state index in [0.717, 1.165) is 25.2 Å². The van der Waals surface area contributed by atoms with E-state index in [-0.39, 0.29) is 0 Å². The van der Waals surface area contributed by atoms with Crippen molar-refractivity contribution in [1.82, 2.24) is 20.1 Å². The predicted octanol–water partition coefficient (Wildman–Crippen LogP) is 1.46. The van der Waals surface area contributed by atoms with Crippen LogP contribution in [0.3, 0.4) is 0 Å². The zero-order valence-corrected chi connectivity index (χ0v) is 10.3. The number of pyridine rings is 1. The molecule has 2 rings (SSSR count). The smallest absolute Gasteiger partial charge is 0.0570 e. The summed E-state index contributed by atoms with van der Waals surface area (Å²) in [6.45, 7) is 3.85. The Labute approximate surface area is 102 Å². The van der Waals surface area contributed by atoms with Crippen LogP contribution < -0.4 is 5.32 Å². The fourth-order valence-corrected chi connectivity index (χ4v) is 1.77. The van der Waals surface area contributed by atoms with Gasteiger partial charge in [-0.2, -0.15) is 5.10 Å². The maximum absolute atomic E-state index is 4.35. The normalized spacial score (nSPS) is 10.7. The lowest BCUT2D eigenvalue weighted by Gasteiger charge is -2.06. The van der Waals surface area contributed by atoms with Crippen LogP contribution in [0.5, 0.6) is 0 Å². The van der Waals surface area contributed by atoms with Gasteiger partial charge in [-0.3, -0.25) is 9.67 Å². The zero-order chi connectivity index (χ0) is 12.1. The number of nitrogens with zero attached hydrogens (tertiary/aromatic N) is 3. The third-order valence-electron chi connectivity index (χ3n) is 2.89. The topological polar surface area (TPSA) is 42.7 Å². The van der Waals surface area contributed by atoms with Crippen molar-refractivity contribution < 1.29 is 0 Å². The molecule has 0 aliphatic rings. The molecule has 0 atom stereocenters. The van der Waals surface area contributed by atoms with Crippen LogP contribution in [-0.2, 0) is 20.0 Å². The Hall–Kier alpha value is -1.68. The summed E-state index contributed by atoms with van der Waals surface area (Å²) in [7, 11) is 1.97. The zero-order valence-electron chi connectivity index (χ0n) is 10.3. The van der Waals surface area contributed by atoms with Gasteiger partial charge in [0.25, 0.3) is 0 Å². The second-order valence-electron chi connectivity index (χ2n) is 4.14. The molecule has 2 aromatic heterocycles. The second-order valence-corrected chi connectivity index (χ2v) is 4.14. The van der Waals surface area contributed by atoms with E-state index in [1.165, 1.54) is 11.3 Å². The highest BCUT2D eigenvalue weighted by molar-refractivity contribution is 5.17. The summed E-state index contributed by atoms with van der Waals surface area (Å²) < 4.78 is 1.91. The maximum atomic E-state index is 4.35. The molecule has 0 saturated heterocycles. The number of hydrogen-bond acceptors (Lipinski definition) is 3. The number of aryl methyl sites for hydroxylation is 2. The summed E-state index contributed by atoms with van der Waals surface area (Å²) in [6.07, 6.45) is 4.66. The Balaban J connectivity index is 1.77. The van der Waals surface area contributed by atoms with Crippen LogP contribution in [0.4, 0.5) is 0 Å². The molecule has 0 aromatic carbocycles. The maximum Gasteiger partial charge on any atom is 0.0570 e. The molecule has 0 saturated carbocycles. The van der Waals surface area contributed by atoms with Gasteiger partial charge in [0.2, 0.25) is 0 Å². The largest absolute Gasteiger partial charge is 0.311 e. The Morgan fingerprint density at radius 2 is 2.18 bits per heavy atom. The molecular weight excluding hydrogens is 212 g/mol. The molecule has 90 valence electrons. The first-order valence-electron chi connectivity index (χ1n) is 5.85. The van der Waals surface area contributed by atoms with Gasteiger partial charge in [0.1, 0.15) is 0 Å². The first-order valence-corrected chi connectivity index (χ1v) is 5.85. The lowest BCUT2D eigenvalue weighted by Crippen LogP contribution is -2.19. The van der Waals surface area contributed by atoms with Crippen molar-refractivity contribution in [3.8, 4) is 0 Å². The van der Waals surface area contributed by atoms with Crippen LogP contribution in [0.1, 0.15) is 17.0 Å². The van der Waals surface area contributed by atoms with E-state index < -0.39 is 0 Å². The van der Waals surface area contributed by atoms with E-state index in [9.17, 15) is 0 Å². The predicted molar refractivity (Wildman–Crippen MR) is 67.6 cm³/mol. The van der Waals surface area contributed by atoms with Crippen LogP contribution in [0, 0.1) is 6.92 Å². The standard InChI is InChI=1S/C13H18N4/c1-11-4-3-7-15-13(11)10-14-8-5-12-6-9-16-17(12)2/h3-4,6-7,9,14H,5,8,10H2,1-2H3. The first-order chi connectivity index (χ1) is 8.27. The van der Waals surface area contributed by atoms with Crippen molar-refractivity contribution >= 4 is 0 Å². The molecule has 0 spiro atoms. The molecule has 17 heavy (non-hydrogen) atoms. The van der Waals surface area contributed by atoms with Crippen molar-refractivity contribution in [3.63, 3.8) is 0 Å². The highest BCUT2D eigenvalue weighted by Crippen LogP contribution is 2.02. The average Bonchev–Trinajstić information content (AvgIpc) is 2.73. The minimum atomic E-state index is 0.824. The van der Waals surface area contributed by atoms with E-state index in [1.807, 2.05) is 36.3 Å². The third-order valence-corrected chi connectivity index (χ3v) is 2.89. The van der Waals surface area contributed by atoms with Crippen LogP contribution in [0.2, 0.25) is 0 Å². The summed E-state index contributed by atoms with van der Waals surface area (Å²) in [5.41, 5.74) is 3.60. The lowest BCUT2D eigenvalue weighted by atomic mass is 10.2. The van der Waals surface area contributed by atoms with Gasteiger partial charge in [0, 0.05) is 44.6 Å². The molecule has 2 heterocycles. The number of hydrogen-bond donors (Lipinski definition) is 1. The average molecular weight is 230 g/mol. The molecule has 0 aliphatic heterocycles. The monoisotopic (exact) mass is 230 g/mol. The van der Waals surface area contributed by atoms with Gasteiger partial charge in [-0.05, 0) is 24.6 Å². The minimum Gasteiger partial charge on any atom is -0.311 e. The SMILES string of the molecule is Cc1cccnc1CNCCc1ccnn1C. The third kappa shape index (κ3) is 3.14. The molecule has 1 N–H and O–H groups in total. The number of aromatic nitrogens is 3. The Morgan fingerprint density at radius 3 is 2.88 bits per heavy atom. The summed E-state index contributed by atoms with van der Waals surface area (Å²) in [5.74, 6) is 0. The van der Waals surface area contributed by atoms with Gasteiger partial charge < -0.3 is 5.32 Å². The quantitative estimate of drug-likeness (QED) is 0.791. The van der Waals surface area contributed by atoms with Crippen LogP contribution in [0.25, 0.3) is 0 Å². The van der Waals surface area contributed by atoms with E-state index in [0.29, 0.717) is 0 Å². The van der Waals surface area contributed by atoms with E-state index in [4.69, 9.17) is 0 Å². The fraction of sp³-hybridized carbons (Fsp3) is 0.385. The van der Waals surface area contributed by atoms with Gasteiger partial charge in [0.15, 0.2) is 0 Å². The molecule has 2 aromatic rings. The minimum absolute atomic E-state index is 0.824. The molecule has 0 radical (unpaired) electrons. The van der Waals surface area contributed by atoms with Gasteiger partial charge in [-0.15, -0.1) is 0 Å². The van der Waals surface area contributed by atoms with Crippen molar-refractivity contribution in [3.05, 3.63) is 47.5 Å². The van der Waals surface area contributed by atoms with Crippen molar-refractivity contribution in [1.29, 1.82) is 0 Å². The second kappa shape index (κ2) is 5.59. The van der Waals surface area contributed by atoms with Gasteiger partial charge >= 0.3 is 0 Å². The number of rotatable bonds is 5. The Bertz CT molecular complexity index is 476. The molecule has 0 bridgehead atoms. The molecular formula is C13H18N4. The van der Waals surface area contributed by atoms with Crippen molar-refractivity contribution in [2.24, 2.45) is 7.05 Å². The molecule has 4 nitrogen and oxygen atoms in total. The van der Waals surface area contributed by atoms with Crippen LogP contribution in [-0.4, -0.2) is 21.3 Å². The van der Waals surface area contributed by atoms with Gasteiger partial charge in [0.05, 0.1) is 5.69 Å². The van der Waals surface area contributed by atoms with Crippen LogP contribution >= 0.6 is 0 Å². The highest BCUT2D eigenvalue weighted by atomic mass is 15.3. The van der Waals surface area contributed by atoms with E-state index in [1.54, 1.807) is 0 Å². The fourth-order valence-electron chi connectivity index (χ4n) is 1.77. The molecule has 0 amide bonds. The lowest BCUT2D eigenvalue weighted by molar-refractivity contribution is 0.635. The van der Waals surface area contributed by atoms with E-state index in [2.05, 4.69) is 28.4 Å². The summed E-state index contributed by atoms with van der Waals surface area (Å²) in [4.78, 5) is 4.35. The summed E-state index contributed by atoms with van der Waals surface area (Å²) in [6, 6.07) is 6.10. The summed E-state index contributed by atoms with van der Waals surface area (Å²) in [5, 5.41) is 7.55. The van der Waals surface area contributed by atoms with Gasteiger partial charge in [-0.25, -0.2) is 0 Å². The van der Waals surface area contributed by atoms with Crippen molar-refractivity contribution in [2.45, 2.75) is 19.9 Å². The molecule has 0 unspecified atom stereocenters. The van der Waals surface area contributed by atoms with Crippen molar-refractivity contribution in [2.75, 3.05) is 6.54 Å². The highest BCUT2D eigenvalue weighted by Gasteiger charge is 2.00.